The number of benzene rings is 1. The zero-order chi connectivity index (χ0) is 19.8. The molecule has 0 aliphatic carbocycles. The monoisotopic (exact) mass is 384 g/mol. The first kappa shape index (κ1) is 19.8. The van der Waals surface area contributed by atoms with Crippen LogP contribution in [0.5, 0.6) is 17.4 Å². The summed E-state index contributed by atoms with van der Waals surface area (Å²) in [6, 6.07) is 11.6. The molecule has 0 bridgehead atoms. The van der Waals surface area contributed by atoms with Gasteiger partial charge < -0.3 is 24.8 Å². The van der Waals surface area contributed by atoms with E-state index in [4.69, 9.17) is 14.2 Å². The summed E-state index contributed by atoms with van der Waals surface area (Å²) in [6.45, 7) is 8.39. The lowest BCUT2D eigenvalue weighted by atomic mass is 10.2. The SMILES string of the molecule is CCNC(=NCc1ccc(OC(C)C)nc1)NCC1COc2ccccc2O1. The van der Waals surface area contributed by atoms with Gasteiger partial charge in [0.25, 0.3) is 0 Å². The third-order valence-electron chi connectivity index (χ3n) is 3.98. The fourth-order valence-electron chi connectivity index (χ4n) is 2.70. The molecule has 0 spiro atoms. The third kappa shape index (κ3) is 5.77. The lowest BCUT2D eigenvalue weighted by Gasteiger charge is -2.27. The molecule has 0 radical (unpaired) electrons. The van der Waals surface area contributed by atoms with E-state index in [1.807, 2.05) is 57.2 Å². The van der Waals surface area contributed by atoms with Crippen LogP contribution in [0.2, 0.25) is 0 Å². The van der Waals surface area contributed by atoms with E-state index in [1.165, 1.54) is 0 Å². The number of guanidine groups is 1. The number of rotatable bonds is 7. The van der Waals surface area contributed by atoms with Crippen molar-refractivity contribution in [2.75, 3.05) is 19.7 Å². The van der Waals surface area contributed by atoms with Gasteiger partial charge in [-0.05, 0) is 38.5 Å². The lowest BCUT2D eigenvalue weighted by molar-refractivity contribution is 0.0936. The highest BCUT2D eigenvalue weighted by Crippen LogP contribution is 2.30. The minimum atomic E-state index is -0.0760. The Labute approximate surface area is 166 Å². The summed E-state index contributed by atoms with van der Waals surface area (Å²) in [5.41, 5.74) is 1.01. The smallest absolute Gasteiger partial charge is 0.213 e. The highest BCUT2D eigenvalue weighted by atomic mass is 16.6. The molecule has 2 heterocycles. The predicted molar refractivity (Wildman–Crippen MR) is 109 cm³/mol. The summed E-state index contributed by atoms with van der Waals surface area (Å²) in [5.74, 6) is 2.92. The molecule has 1 aromatic heterocycles. The van der Waals surface area contributed by atoms with Gasteiger partial charge in [-0.2, -0.15) is 0 Å². The number of hydrogen-bond acceptors (Lipinski definition) is 5. The number of aliphatic imine (C=N–C) groups is 1. The first-order valence-electron chi connectivity index (χ1n) is 9.66. The number of para-hydroxylation sites is 2. The Kier molecular flexibility index (Phi) is 6.94. The summed E-state index contributed by atoms with van der Waals surface area (Å²) >= 11 is 0. The van der Waals surface area contributed by atoms with Gasteiger partial charge in [-0.1, -0.05) is 18.2 Å². The minimum absolute atomic E-state index is 0.0760. The van der Waals surface area contributed by atoms with Crippen molar-refractivity contribution in [3.8, 4) is 17.4 Å². The van der Waals surface area contributed by atoms with Gasteiger partial charge >= 0.3 is 0 Å². The number of pyridine rings is 1. The van der Waals surface area contributed by atoms with Crippen LogP contribution < -0.4 is 24.8 Å². The topological polar surface area (TPSA) is 77.0 Å². The molecule has 0 fully saturated rings. The highest BCUT2D eigenvalue weighted by Gasteiger charge is 2.20. The number of nitrogens with zero attached hydrogens (tertiary/aromatic N) is 2. The van der Waals surface area contributed by atoms with Crippen molar-refractivity contribution in [3.05, 3.63) is 48.2 Å². The standard InChI is InChI=1S/C21H28N4O3/c1-4-22-21(24-12-16-9-10-20(23-11-16)27-15(2)3)25-13-17-14-26-18-7-5-6-8-19(18)28-17/h5-11,15,17H,4,12-14H2,1-3H3,(H2,22,24,25). The van der Waals surface area contributed by atoms with Crippen molar-refractivity contribution in [3.63, 3.8) is 0 Å². The molecule has 0 saturated carbocycles. The zero-order valence-electron chi connectivity index (χ0n) is 16.6. The van der Waals surface area contributed by atoms with Crippen molar-refractivity contribution in [2.45, 2.75) is 39.5 Å². The van der Waals surface area contributed by atoms with Gasteiger partial charge in [0.15, 0.2) is 17.5 Å². The maximum Gasteiger partial charge on any atom is 0.213 e. The van der Waals surface area contributed by atoms with Crippen molar-refractivity contribution in [1.82, 2.24) is 15.6 Å². The van der Waals surface area contributed by atoms with Crippen molar-refractivity contribution in [2.24, 2.45) is 4.99 Å². The molecular weight excluding hydrogens is 356 g/mol. The van der Waals surface area contributed by atoms with Gasteiger partial charge in [0.05, 0.1) is 19.2 Å². The van der Waals surface area contributed by atoms with E-state index < -0.39 is 0 Å². The molecule has 1 aromatic carbocycles. The van der Waals surface area contributed by atoms with E-state index in [0.717, 1.165) is 29.6 Å². The Hall–Kier alpha value is -2.96. The molecule has 7 nitrogen and oxygen atoms in total. The predicted octanol–water partition coefficient (Wildman–Crippen LogP) is 2.76. The molecule has 1 aliphatic heterocycles. The average Bonchev–Trinajstić information content (AvgIpc) is 2.70. The molecule has 1 atom stereocenters. The van der Waals surface area contributed by atoms with Crippen molar-refractivity contribution in [1.29, 1.82) is 0 Å². The van der Waals surface area contributed by atoms with Crippen LogP contribution in [0.1, 0.15) is 26.3 Å². The fraction of sp³-hybridized carbons (Fsp3) is 0.429. The van der Waals surface area contributed by atoms with Crippen LogP contribution in [0.3, 0.4) is 0 Å². The van der Waals surface area contributed by atoms with E-state index >= 15 is 0 Å². The summed E-state index contributed by atoms with van der Waals surface area (Å²) in [5, 5.41) is 6.56. The summed E-state index contributed by atoms with van der Waals surface area (Å²) in [4.78, 5) is 8.93. The number of fused-ring (bicyclic) bond motifs is 1. The van der Waals surface area contributed by atoms with Crippen LogP contribution in [0.4, 0.5) is 0 Å². The first-order chi connectivity index (χ1) is 13.6. The number of ether oxygens (including phenoxy) is 3. The van der Waals surface area contributed by atoms with Gasteiger partial charge in [-0.15, -0.1) is 0 Å². The Morgan fingerprint density at radius 2 is 2.04 bits per heavy atom. The minimum Gasteiger partial charge on any atom is -0.486 e. The van der Waals surface area contributed by atoms with Crippen LogP contribution in [0.15, 0.2) is 47.6 Å². The lowest BCUT2D eigenvalue weighted by Crippen LogP contribution is -2.45. The number of hydrogen-bond donors (Lipinski definition) is 2. The Bertz CT molecular complexity index is 777. The third-order valence-corrected chi connectivity index (χ3v) is 3.98. The van der Waals surface area contributed by atoms with Crippen molar-refractivity contribution < 1.29 is 14.2 Å². The average molecular weight is 384 g/mol. The zero-order valence-corrected chi connectivity index (χ0v) is 16.6. The molecule has 0 amide bonds. The normalized spacial score (nSPS) is 16.0. The van der Waals surface area contributed by atoms with Gasteiger partial charge in [0.2, 0.25) is 5.88 Å². The molecule has 0 saturated heterocycles. The second-order valence-corrected chi connectivity index (χ2v) is 6.74. The van der Waals surface area contributed by atoms with E-state index in [-0.39, 0.29) is 12.2 Å². The first-order valence-corrected chi connectivity index (χ1v) is 9.66. The number of nitrogens with one attached hydrogen (secondary N) is 2. The van der Waals surface area contributed by atoms with Crippen LogP contribution in [-0.2, 0) is 6.54 Å². The second kappa shape index (κ2) is 9.82. The summed E-state index contributed by atoms with van der Waals surface area (Å²) < 4.78 is 17.3. The number of aromatic nitrogens is 1. The molecule has 3 rings (SSSR count). The molecule has 28 heavy (non-hydrogen) atoms. The maximum absolute atomic E-state index is 5.97. The quantitative estimate of drug-likeness (QED) is 0.565. The van der Waals surface area contributed by atoms with Gasteiger partial charge in [0.1, 0.15) is 12.7 Å². The molecule has 2 N–H and O–H groups in total. The summed E-state index contributed by atoms with van der Waals surface area (Å²) in [7, 11) is 0. The van der Waals surface area contributed by atoms with Crippen LogP contribution in [-0.4, -0.2) is 42.8 Å². The van der Waals surface area contributed by atoms with Crippen LogP contribution in [0, 0.1) is 0 Å². The Morgan fingerprint density at radius 1 is 1.21 bits per heavy atom. The van der Waals surface area contributed by atoms with Gasteiger partial charge in [-0.25, -0.2) is 9.98 Å². The van der Waals surface area contributed by atoms with E-state index in [9.17, 15) is 0 Å². The van der Waals surface area contributed by atoms with E-state index in [1.54, 1.807) is 6.20 Å². The highest BCUT2D eigenvalue weighted by molar-refractivity contribution is 5.79. The molecular formula is C21H28N4O3. The van der Waals surface area contributed by atoms with E-state index in [0.29, 0.717) is 25.6 Å². The molecule has 1 aliphatic rings. The molecule has 2 aromatic rings. The Morgan fingerprint density at radius 3 is 2.75 bits per heavy atom. The maximum atomic E-state index is 5.97. The molecule has 1 unspecified atom stereocenters. The second-order valence-electron chi connectivity index (χ2n) is 6.74. The van der Waals surface area contributed by atoms with Crippen molar-refractivity contribution >= 4 is 5.96 Å². The largest absolute Gasteiger partial charge is 0.486 e. The Balaban J connectivity index is 1.53. The molecule has 150 valence electrons. The van der Waals surface area contributed by atoms with Crippen LogP contribution >= 0.6 is 0 Å². The fourth-order valence-corrected chi connectivity index (χ4v) is 2.70. The molecule has 7 heteroatoms. The van der Waals surface area contributed by atoms with E-state index in [2.05, 4.69) is 20.6 Å². The van der Waals surface area contributed by atoms with Gasteiger partial charge in [0, 0.05) is 18.8 Å². The summed E-state index contributed by atoms with van der Waals surface area (Å²) in [6.07, 6.45) is 1.83. The van der Waals surface area contributed by atoms with Crippen LogP contribution in [0.25, 0.3) is 0 Å². The van der Waals surface area contributed by atoms with Gasteiger partial charge in [-0.3, -0.25) is 0 Å².